The number of unbranched alkanes of at least 4 members (excludes halogenated alkanes) is 2. The summed E-state index contributed by atoms with van der Waals surface area (Å²) in [6.45, 7) is 5.45. The highest BCUT2D eigenvalue weighted by atomic mass is 35.5. The highest BCUT2D eigenvalue weighted by Crippen LogP contribution is 2.33. The molecule has 0 heterocycles. The molecule has 0 radical (unpaired) electrons. The summed E-state index contributed by atoms with van der Waals surface area (Å²) in [6, 6.07) is 0. The second kappa shape index (κ2) is 13.6. The summed E-state index contributed by atoms with van der Waals surface area (Å²) >= 11 is 0. The number of rotatable bonds is 13. The fraction of sp³-hybridized carbons (Fsp3) is 1.00. The van der Waals surface area contributed by atoms with Gasteiger partial charge in [-0.2, -0.15) is 0 Å². The first-order valence-corrected chi connectivity index (χ1v) is 7.55. The van der Waals surface area contributed by atoms with E-state index in [1.807, 2.05) is 0 Å². The van der Waals surface area contributed by atoms with Gasteiger partial charge in [0.2, 0.25) is 0 Å². The molecule has 1 aliphatic rings. The molecule has 1 fully saturated rings. The lowest BCUT2D eigenvalue weighted by atomic mass is 10.2. The summed E-state index contributed by atoms with van der Waals surface area (Å²) in [5.41, 5.74) is 5.43. The Balaban J connectivity index is 0.00000289. The minimum Gasteiger partial charge on any atom is -0.330 e. The van der Waals surface area contributed by atoms with Gasteiger partial charge in [0.15, 0.2) is 0 Å². The zero-order chi connectivity index (χ0) is 12.2. The zero-order valence-corrected chi connectivity index (χ0v) is 12.6. The molecular weight excluding hydrogens is 246 g/mol. The van der Waals surface area contributed by atoms with Crippen molar-refractivity contribution in [1.82, 2.24) is 10.6 Å². The Morgan fingerprint density at radius 3 is 1.89 bits per heavy atom. The van der Waals surface area contributed by atoms with Crippen molar-refractivity contribution in [2.24, 2.45) is 11.7 Å². The summed E-state index contributed by atoms with van der Waals surface area (Å²) in [6.07, 6.45) is 10.9. The van der Waals surface area contributed by atoms with Crippen LogP contribution >= 0.6 is 12.4 Å². The molecule has 0 aromatic heterocycles. The number of nitrogens with two attached hydrogens (primary N) is 1. The monoisotopic (exact) mass is 277 g/mol. The average Bonchev–Trinajstić information content (AvgIpc) is 3.15. The molecule has 1 saturated carbocycles. The third-order valence-electron chi connectivity index (χ3n) is 3.43. The van der Waals surface area contributed by atoms with Gasteiger partial charge in [-0.3, -0.25) is 0 Å². The van der Waals surface area contributed by atoms with Crippen molar-refractivity contribution in [2.45, 2.75) is 51.4 Å². The molecule has 18 heavy (non-hydrogen) atoms. The van der Waals surface area contributed by atoms with Crippen LogP contribution in [0.25, 0.3) is 0 Å². The van der Waals surface area contributed by atoms with Gasteiger partial charge in [0.25, 0.3) is 0 Å². The number of hydrogen-bond donors (Lipinski definition) is 3. The summed E-state index contributed by atoms with van der Waals surface area (Å²) in [5.74, 6) is 1.10. The smallest absolute Gasteiger partial charge is 0.00368 e. The van der Waals surface area contributed by atoms with Crippen LogP contribution in [-0.2, 0) is 0 Å². The zero-order valence-electron chi connectivity index (χ0n) is 11.8. The van der Waals surface area contributed by atoms with Crippen molar-refractivity contribution in [3.63, 3.8) is 0 Å². The van der Waals surface area contributed by atoms with E-state index in [4.69, 9.17) is 5.73 Å². The number of halogens is 1. The van der Waals surface area contributed by atoms with E-state index in [-0.39, 0.29) is 12.4 Å². The highest BCUT2D eigenvalue weighted by molar-refractivity contribution is 5.85. The molecule has 0 aromatic rings. The van der Waals surface area contributed by atoms with Gasteiger partial charge in [-0.25, -0.2) is 0 Å². The van der Waals surface area contributed by atoms with Gasteiger partial charge in [0, 0.05) is 0 Å². The number of hydrogen-bond acceptors (Lipinski definition) is 3. The topological polar surface area (TPSA) is 50.1 Å². The third kappa shape index (κ3) is 12.6. The average molecular weight is 278 g/mol. The van der Waals surface area contributed by atoms with Gasteiger partial charge >= 0.3 is 0 Å². The lowest BCUT2D eigenvalue weighted by Gasteiger charge is -2.06. The molecule has 0 unspecified atom stereocenters. The molecule has 0 bridgehead atoms. The van der Waals surface area contributed by atoms with E-state index in [2.05, 4.69) is 10.6 Å². The Hall–Kier alpha value is 0.170. The van der Waals surface area contributed by atoms with E-state index >= 15 is 0 Å². The molecule has 0 atom stereocenters. The molecule has 0 spiro atoms. The van der Waals surface area contributed by atoms with Crippen molar-refractivity contribution in [1.29, 1.82) is 0 Å². The molecule has 1 rings (SSSR count). The first kappa shape index (κ1) is 18.2. The molecule has 0 aromatic carbocycles. The van der Waals surface area contributed by atoms with Crippen molar-refractivity contribution in [3.8, 4) is 0 Å². The molecule has 4 N–H and O–H groups in total. The maximum atomic E-state index is 5.43. The minimum absolute atomic E-state index is 0. The predicted octanol–water partition coefficient (Wildman–Crippen LogP) is 2.30. The van der Waals surface area contributed by atoms with Crippen molar-refractivity contribution >= 4 is 12.4 Å². The van der Waals surface area contributed by atoms with Crippen LogP contribution in [0.5, 0.6) is 0 Å². The van der Waals surface area contributed by atoms with Gasteiger partial charge < -0.3 is 16.4 Å². The van der Waals surface area contributed by atoms with Crippen molar-refractivity contribution in [3.05, 3.63) is 0 Å². The maximum absolute atomic E-state index is 5.43. The summed E-state index contributed by atoms with van der Waals surface area (Å²) in [5, 5.41) is 6.97. The Morgan fingerprint density at radius 1 is 0.778 bits per heavy atom. The molecule has 110 valence electrons. The van der Waals surface area contributed by atoms with Crippen molar-refractivity contribution in [2.75, 3.05) is 32.7 Å². The molecule has 0 saturated heterocycles. The summed E-state index contributed by atoms with van der Waals surface area (Å²) in [7, 11) is 0. The largest absolute Gasteiger partial charge is 0.330 e. The van der Waals surface area contributed by atoms with Crippen LogP contribution in [0.15, 0.2) is 0 Å². The van der Waals surface area contributed by atoms with Crippen molar-refractivity contribution < 1.29 is 0 Å². The van der Waals surface area contributed by atoms with Crippen LogP contribution in [0.1, 0.15) is 51.4 Å². The van der Waals surface area contributed by atoms with Crippen LogP contribution in [0.3, 0.4) is 0 Å². The quantitative estimate of drug-likeness (QED) is 0.453. The van der Waals surface area contributed by atoms with E-state index in [9.17, 15) is 0 Å². The van der Waals surface area contributed by atoms with E-state index in [0.29, 0.717) is 0 Å². The van der Waals surface area contributed by atoms with Gasteiger partial charge in [-0.1, -0.05) is 25.7 Å². The Labute approximate surface area is 119 Å². The molecule has 0 amide bonds. The normalized spacial score (nSPS) is 14.5. The summed E-state index contributed by atoms with van der Waals surface area (Å²) < 4.78 is 0. The maximum Gasteiger partial charge on any atom is -0.00368 e. The number of nitrogens with one attached hydrogen (secondary N) is 2. The molecule has 1 aliphatic carbocycles. The fourth-order valence-corrected chi connectivity index (χ4v) is 2.07. The van der Waals surface area contributed by atoms with Crippen LogP contribution in [0.4, 0.5) is 0 Å². The van der Waals surface area contributed by atoms with Gasteiger partial charge in [0.05, 0.1) is 0 Å². The lowest BCUT2D eigenvalue weighted by Crippen LogP contribution is -2.23. The van der Waals surface area contributed by atoms with Gasteiger partial charge in [-0.05, 0) is 64.3 Å². The van der Waals surface area contributed by atoms with E-state index in [0.717, 1.165) is 38.5 Å². The van der Waals surface area contributed by atoms with Crippen LogP contribution in [0.2, 0.25) is 0 Å². The van der Waals surface area contributed by atoms with Gasteiger partial charge in [-0.15, -0.1) is 12.4 Å². The molecular formula is C14H32ClN3. The third-order valence-corrected chi connectivity index (χ3v) is 3.43. The van der Waals surface area contributed by atoms with Crippen LogP contribution in [-0.4, -0.2) is 32.7 Å². The predicted molar refractivity (Wildman–Crippen MR) is 82.5 cm³/mol. The first-order valence-electron chi connectivity index (χ1n) is 7.55. The van der Waals surface area contributed by atoms with E-state index < -0.39 is 0 Å². The molecule has 4 heteroatoms. The second-order valence-electron chi connectivity index (χ2n) is 5.29. The second-order valence-corrected chi connectivity index (χ2v) is 5.29. The SMILES string of the molecule is Cl.NCCCCNCCCNCCCCC1CC1. The van der Waals surface area contributed by atoms with E-state index in [1.165, 1.54) is 51.5 Å². The summed E-state index contributed by atoms with van der Waals surface area (Å²) in [4.78, 5) is 0. The highest BCUT2D eigenvalue weighted by Gasteiger charge is 2.19. The first-order chi connectivity index (χ1) is 8.43. The molecule has 3 nitrogen and oxygen atoms in total. The Morgan fingerprint density at radius 2 is 1.33 bits per heavy atom. The van der Waals surface area contributed by atoms with Gasteiger partial charge in [0.1, 0.15) is 0 Å². The Kier molecular flexibility index (Phi) is 13.7. The fourth-order valence-electron chi connectivity index (χ4n) is 2.07. The molecule has 0 aliphatic heterocycles. The standard InChI is InChI=1S/C14H31N3.ClH/c15-9-2-4-11-17-13-5-12-16-10-3-1-6-14-7-8-14;/h14,16-17H,1-13,15H2;1H. The van der Waals surface area contributed by atoms with Crippen LogP contribution < -0.4 is 16.4 Å². The minimum atomic E-state index is 0. The lowest BCUT2D eigenvalue weighted by molar-refractivity contribution is 0.549. The van der Waals surface area contributed by atoms with E-state index in [1.54, 1.807) is 0 Å². The van der Waals surface area contributed by atoms with Crippen LogP contribution in [0, 0.1) is 5.92 Å². The Bertz CT molecular complexity index is 163.